The molecule has 3 nitrogen and oxygen atoms in total. The zero-order valence-electron chi connectivity index (χ0n) is 9.69. The average molecular weight is 207 g/mol. The quantitative estimate of drug-likeness (QED) is 0.695. The second-order valence-corrected chi connectivity index (χ2v) is 4.05. The fourth-order valence-corrected chi connectivity index (χ4v) is 1.65. The van der Waals surface area contributed by atoms with Gasteiger partial charge in [-0.25, -0.2) is 0 Å². The highest BCUT2D eigenvalue weighted by Crippen LogP contribution is 1.99. The molecule has 0 aliphatic rings. The lowest BCUT2D eigenvalue weighted by Gasteiger charge is -2.18. The molecule has 0 radical (unpaired) electrons. The first kappa shape index (κ1) is 12.0. The van der Waals surface area contributed by atoms with Gasteiger partial charge in [0.1, 0.15) is 0 Å². The molecule has 15 heavy (non-hydrogen) atoms. The molecule has 0 fully saturated rings. The van der Waals surface area contributed by atoms with Crippen LogP contribution >= 0.6 is 0 Å². The summed E-state index contributed by atoms with van der Waals surface area (Å²) in [4.78, 5) is 0. The molecule has 3 heteroatoms. The Bertz CT molecular complexity index is 266. The molecule has 0 amide bonds. The molecular formula is C12H21N3. The fourth-order valence-electron chi connectivity index (χ4n) is 1.65. The van der Waals surface area contributed by atoms with Crippen LogP contribution in [0.15, 0.2) is 31.1 Å². The average Bonchev–Trinajstić information content (AvgIpc) is 2.67. The van der Waals surface area contributed by atoms with E-state index in [1.54, 1.807) is 0 Å². The van der Waals surface area contributed by atoms with E-state index < -0.39 is 0 Å². The minimum absolute atomic E-state index is 0.509. The van der Waals surface area contributed by atoms with Crippen LogP contribution in [0.4, 0.5) is 0 Å². The predicted molar refractivity (Wildman–Crippen MR) is 63.7 cm³/mol. The van der Waals surface area contributed by atoms with Crippen molar-refractivity contribution >= 4 is 0 Å². The summed E-state index contributed by atoms with van der Waals surface area (Å²) in [5, 5.41) is 7.71. The van der Waals surface area contributed by atoms with Crippen molar-refractivity contribution < 1.29 is 0 Å². The van der Waals surface area contributed by atoms with Crippen LogP contribution < -0.4 is 5.32 Å². The van der Waals surface area contributed by atoms with Crippen molar-refractivity contribution in [1.82, 2.24) is 15.1 Å². The molecule has 84 valence electrons. The minimum atomic E-state index is 0.509. The highest BCUT2D eigenvalue weighted by atomic mass is 15.3. The molecule has 1 aromatic heterocycles. The molecule has 1 N–H and O–H groups in total. The van der Waals surface area contributed by atoms with E-state index in [4.69, 9.17) is 0 Å². The first-order chi connectivity index (χ1) is 7.22. The van der Waals surface area contributed by atoms with Gasteiger partial charge in [0.25, 0.3) is 0 Å². The molecule has 2 unspecified atom stereocenters. The Morgan fingerprint density at radius 2 is 2.27 bits per heavy atom. The summed E-state index contributed by atoms with van der Waals surface area (Å²) in [7, 11) is 0. The van der Waals surface area contributed by atoms with Crippen LogP contribution in [0.3, 0.4) is 0 Å². The largest absolute Gasteiger partial charge is 0.311 e. The summed E-state index contributed by atoms with van der Waals surface area (Å²) in [6.45, 7) is 9.11. The van der Waals surface area contributed by atoms with Gasteiger partial charge in [0, 0.05) is 31.0 Å². The standard InChI is InChI=1S/C12H21N3/c1-4-6-11(2)14-12(3)7-10-15-9-5-8-13-15/h4-5,8-9,11-12,14H,1,6-7,10H2,2-3H3. The molecule has 0 aromatic carbocycles. The van der Waals surface area contributed by atoms with Crippen molar-refractivity contribution in [3.63, 3.8) is 0 Å². The lowest BCUT2D eigenvalue weighted by molar-refractivity contribution is 0.416. The first-order valence-electron chi connectivity index (χ1n) is 5.56. The third-order valence-electron chi connectivity index (χ3n) is 2.44. The SMILES string of the molecule is C=CCC(C)NC(C)CCn1cccn1. The number of hydrogen-bond acceptors (Lipinski definition) is 2. The van der Waals surface area contributed by atoms with E-state index in [2.05, 4.69) is 30.8 Å². The fraction of sp³-hybridized carbons (Fsp3) is 0.583. The molecule has 1 heterocycles. The van der Waals surface area contributed by atoms with Gasteiger partial charge in [0.05, 0.1) is 0 Å². The van der Waals surface area contributed by atoms with E-state index in [1.807, 2.05) is 29.2 Å². The van der Waals surface area contributed by atoms with Gasteiger partial charge in [0.2, 0.25) is 0 Å². The van der Waals surface area contributed by atoms with Gasteiger partial charge in [-0.3, -0.25) is 4.68 Å². The minimum Gasteiger partial charge on any atom is -0.311 e. The maximum Gasteiger partial charge on any atom is 0.0489 e. The maximum absolute atomic E-state index is 4.18. The second kappa shape index (κ2) is 6.40. The van der Waals surface area contributed by atoms with Crippen LogP contribution in [-0.4, -0.2) is 21.9 Å². The second-order valence-electron chi connectivity index (χ2n) is 4.05. The van der Waals surface area contributed by atoms with Crippen molar-refractivity contribution in [2.75, 3.05) is 0 Å². The first-order valence-corrected chi connectivity index (χ1v) is 5.56. The topological polar surface area (TPSA) is 29.9 Å². The highest BCUT2D eigenvalue weighted by Gasteiger charge is 2.05. The Labute approximate surface area is 92.2 Å². The summed E-state index contributed by atoms with van der Waals surface area (Å²) in [6, 6.07) is 2.98. The predicted octanol–water partition coefficient (Wildman–Crippen LogP) is 2.22. The van der Waals surface area contributed by atoms with E-state index in [1.165, 1.54) is 0 Å². The summed E-state index contributed by atoms with van der Waals surface area (Å²) in [5.41, 5.74) is 0. The molecule has 0 bridgehead atoms. The van der Waals surface area contributed by atoms with Crippen molar-refractivity contribution in [1.29, 1.82) is 0 Å². The van der Waals surface area contributed by atoms with Gasteiger partial charge in [-0.05, 0) is 32.8 Å². The molecule has 1 aromatic rings. The van der Waals surface area contributed by atoms with E-state index in [0.29, 0.717) is 12.1 Å². The van der Waals surface area contributed by atoms with Gasteiger partial charge >= 0.3 is 0 Å². The van der Waals surface area contributed by atoms with Gasteiger partial charge < -0.3 is 5.32 Å². The molecular weight excluding hydrogens is 186 g/mol. The summed E-state index contributed by atoms with van der Waals surface area (Å²) in [5.74, 6) is 0. The number of hydrogen-bond donors (Lipinski definition) is 1. The number of aryl methyl sites for hydroxylation is 1. The van der Waals surface area contributed by atoms with Gasteiger partial charge in [0.15, 0.2) is 0 Å². The molecule has 1 rings (SSSR count). The maximum atomic E-state index is 4.18. The lowest BCUT2D eigenvalue weighted by Crippen LogP contribution is -2.34. The highest BCUT2D eigenvalue weighted by molar-refractivity contribution is 4.79. The van der Waals surface area contributed by atoms with Crippen LogP contribution in [0.1, 0.15) is 26.7 Å². The Morgan fingerprint density at radius 1 is 1.47 bits per heavy atom. The number of nitrogens with one attached hydrogen (secondary N) is 1. The van der Waals surface area contributed by atoms with E-state index in [-0.39, 0.29) is 0 Å². The van der Waals surface area contributed by atoms with E-state index in [9.17, 15) is 0 Å². The summed E-state index contributed by atoms with van der Waals surface area (Å²) in [6.07, 6.45) is 7.89. The molecule has 0 saturated carbocycles. The zero-order valence-corrected chi connectivity index (χ0v) is 9.69. The van der Waals surface area contributed by atoms with Crippen molar-refractivity contribution in [3.05, 3.63) is 31.1 Å². The van der Waals surface area contributed by atoms with E-state index in [0.717, 1.165) is 19.4 Å². The molecule has 2 atom stereocenters. The van der Waals surface area contributed by atoms with Gasteiger partial charge in [-0.1, -0.05) is 6.08 Å². The number of nitrogens with zero attached hydrogens (tertiary/aromatic N) is 2. The normalized spacial score (nSPS) is 14.8. The van der Waals surface area contributed by atoms with E-state index >= 15 is 0 Å². The van der Waals surface area contributed by atoms with Gasteiger partial charge in [-0.2, -0.15) is 5.10 Å². The summed E-state index contributed by atoms with van der Waals surface area (Å²) >= 11 is 0. The van der Waals surface area contributed by atoms with Gasteiger partial charge in [-0.15, -0.1) is 6.58 Å². The molecule has 0 saturated heterocycles. The lowest BCUT2D eigenvalue weighted by atomic mass is 10.1. The number of aromatic nitrogens is 2. The van der Waals surface area contributed by atoms with Crippen LogP contribution in [0.5, 0.6) is 0 Å². The molecule has 0 aliphatic carbocycles. The Hall–Kier alpha value is -1.09. The third-order valence-corrected chi connectivity index (χ3v) is 2.44. The van der Waals surface area contributed by atoms with Crippen LogP contribution in [0.2, 0.25) is 0 Å². The van der Waals surface area contributed by atoms with Crippen molar-refractivity contribution in [3.8, 4) is 0 Å². The van der Waals surface area contributed by atoms with Crippen molar-refractivity contribution in [2.24, 2.45) is 0 Å². The zero-order chi connectivity index (χ0) is 11.1. The smallest absolute Gasteiger partial charge is 0.0489 e. The third kappa shape index (κ3) is 4.79. The summed E-state index contributed by atoms with van der Waals surface area (Å²) < 4.78 is 1.97. The Balaban J connectivity index is 2.18. The molecule has 0 spiro atoms. The monoisotopic (exact) mass is 207 g/mol. The molecule has 0 aliphatic heterocycles. The Kier molecular flexibility index (Phi) is 5.12. The van der Waals surface area contributed by atoms with Crippen molar-refractivity contribution in [2.45, 2.75) is 45.3 Å². The number of rotatable bonds is 7. The van der Waals surface area contributed by atoms with Crippen LogP contribution in [0.25, 0.3) is 0 Å². The Morgan fingerprint density at radius 3 is 2.87 bits per heavy atom. The van der Waals surface area contributed by atoms with Crippen LogP contribution in [0, 0.1) is 0 Å². The van der Waals surface area contributed by atoms with Crippen LogP contribution in [-0.2, 0) is 6.54 Å².